The SMILES string of the molecule is O=C(NC1=NCCS1)C(F)(F)C(F)(F)C(F)(F)C(F)(F)C(F)(F)C(F)(F)F. The van der Waals surface area contributed by atoms with Crippen molar-refractivity contribution in [1.82, 2.24) is 5.32 Å². The Kier molecular flexibility index (Phi) is 5.75. The molecule has 17 heteroatoms. The lowest BCUT2D eigenvalue weighted by Gasteiger charge is -2.39. The van der Waals surface area contributed by atoms with Gasteiger partial charge in [0.05, 0.1) is 6.54 Å². The van der Waals surface area contributed by atoms with Crippen molar-refractivity contribution < 1.29 is 61.9 Å². The Morgan fingerprint density at radius 1 is 0.778 bits per heavy atom. The highest BCUT2D eigenvalue weighted by Gasteiger charge is 2.91. The van der Waals surface area contributed by atoms with E-state index < -0.39 is 46.9 Å². The van der Waals surface area contributed by atoms with E-state index in [1.807, 2.05) is 0 Å². The summed E-state index contributed by atoms with van der Waals surface area (Å²) in [6.45, 7) is -0.131. The van der Waals surface area contributed by atoms with Gasteiger partial charge in [-0.3, -0.25) is 15.1 Å². The third kappa shape index (κ3) is 3.41. The molecule has 0 bridgehead atoms. The van der Waals surface area contributed by atoms with E-state index in [-0.39, 0.29) is 12.3 Å². The van der Waals surface area contributed by atoms with Crippen LogP contribution in [0.4, 0.5) is 57.1 Å². The second kappa shape index (κ2) is 6.58. The van der Waals surface area contributed by atoms with Gasteiger partial charge < -0.3 is 0 Å². The van der Waals surface area contributed by atoms with E-state index in [4.69, 9.17) is 0 Å². The molecule has 0 spiro atoms. The number of hydrogen-bond acceptors (Lipinski definition) is 3. The maximum Gasteiger partial charge on any atom is 0.460 e. The van der Waals surface area contributed by atoms with Crippen LogP contribution in [0.15, 0.2) is 4.99 Å². The molecular formula is C10H5F13N2OS. The molecule has 0 radical (unpaired) electrons. The Hall–Kier alpha value is -1.42. The number of rotatable bonds is 5. The minimum atomic E-state index is -8.04. The second-order valence-electron chi connectivity index (χ2n) is 4.86. The lowest BCUT2D eigenvalue weighted by Crippen LogP contribution is -2.72. The molecule has 0 atom stereocenters. The monoisotopic (exact) mass is 448 g/mol. The van der Waals surface area contributed by atoms with Crippen molar-refractivity contribution in [3.63, 3.8) is 0 Å². The van der Waals surface area contributed by atoms with Crippen molar-refractivity contribution in [2.75, 3.05) is 12.3 Å². The zero-order chi connectivity index (χ0) is 21.7. The van der Waals surface area contributed by atoms with Gasteiger partial charge in [-0.15, -0.1) is 0 Å². The topological polar surface area (TPSA) is 41.5 Å². The first-order chi connectivity index (χ1) is 11.7. The molecule has 1 N–H and O–H groups in total. The Morgan fingerprint density at radius 2 is 1.22 bits per heavy atom. The molecule has 1 aliphatic heterocycles. The molecular weight excluding hydrogens is 443 g/mol. The first-order valence-electron chi connectivity index (χ1n) is 6.19. The van der Waals surface area contributed by atoms with Gasteiger partial charge in [-0.2, -0.15) is 57.1 Å². The molecule has 158 valence electrons. The van der Waals surface area contributed by atoms with Gasteiger partial charge in [-0.05, 0) is 0 Å². The Bertz CT molecular complexity index is 627. The van der Waals surface area contributed by atoms with Crippen LogP contribution in [0.3, 0.4) is 0 Å². The standard InChI is InChI=1S/C10H5F13N2OS/c11-5(12,3(26)25-4-24-1-2-27-4)6(13,14)7(15,16)8(17,18)9(19,20)10(21,22)23/h1-2H2,(H,24,25,26). The lowest BCUT2D eigenvalue weighted by molar-refractivity contribution is -0.436. The van der Waals surface area contributed by atoms with Crippen molar-refractivity contribution in [1.29, 1.82) is 0 Å². The highest BCUT2D eigenvalue weighted by Crippen LogP contribution is 2.60. The lowest BCUT2D eigenvalue weighted by atomic mass is 9.93. The van der Waals surface area contributed by atoms with Gasteiger partial charge in [-0.25, -0.2) is 0 Å². The van der Waals surface area contributed by atoms with Crippen LogP contribution < -0.4 is 5.32 Å². The van der Waals surface area contributed by atoms with Gasteiger partial charge >= 0.3 is 41.7 Å². The van der Waals surface area contributed by atoms with Crippen LogP contribution in [-0.4, -0.2) is 59.2 Å². The van der Waals surface area contributed by atoms with Gasteiger partial charge in [0.1, 0.15) is 0 Å². The van der Waals surface area contributed by atoms with E-state index >= 15 is 0 Å². The van der Waals surface area contributed by atoms with Crippen molar-refractivity contribution in [2.24, 2.45) is 4.99 Å². The molecule has 0 fully saturated rings. The largest absolute Gasteiger partial charge is 0.460 e. The van der Waals surface area contributed by atoms with Gasteiger partial charge in [0.25, 0.3) is 0 Å². The molecule has 3 nitrogen and oxygen atoms in total. The smallest absolute Gasteiger partial charge is 0.300 e. The molecule has 0 aliphatic carbocycles. The molecule has 0 saturated carbocycles. The quantitative estimate of drug-likeness (QED) is 0.648. The van der Waals surface area contributed by atoms with Crippen LogP contribution in [-0.2, 0) is 4.79 Å². The summed E-state index contributed by atoms with van der Waals surface area (Å²) in [4.78, 5) is 14.3. The Morgan fingerprint density at radius 3 is 1.59 bits per heavy atom. The third-order valence-electron chi connectivity index (χ3n) is 3.02. The van der Waals surface area contributed by atoms with Crippen LogP contribution in [0.2, 0.25) is 0 Å². The number of halogens is 13. The fraction of sp³-hybridized carbons (Fsp3) is 0.800. The average molecular weight is 448 g/mol. The summed E-state index contributed by atoms with van der Waals surface area (Å²) in [6.07, 6.45) is -7.50. The highest BCUT2D eigenvalue weighted by molar-refractivity contribution is 8.14. The summed E-state index contributed by atoms with van der Waals surface area (Å²) in [7, 11) is 0. The van der Waals surface area contributed by atoms with Crippen LogP contribution in [0.1, 0.15) is 0 Å². The van der Waals surface area contributed by atoms with Crippen molar-refractivity contribution >= 4 is 22.8 Å². The summed E-state index contributed by atoms with van der Waals surface area (Å²) >= 11 is 0.454. The molecule has 27 heavy (non-hydrogen) atoms. The number of nitrogens with one attached hydrogen (secondary N) is 1. The van der Waals surface area contributed by atoms with Gasteiger partial charge in [0.2, 0.25) is 0 Å². The van der Waals surface area contributed by atoms with E-state index in [9.17, 15) is 61.9 Å². The molecule has 0 aromatic heterocycles. The van der Waals surface area contributed by atoms with Crippen LogP contribution in [0.5, 0.6) is 0 Å². The molecule has 0 unspecified atom stereocenters. The Labute approximate surface area is 144 Å². The first kappa shape index (κ1) is 23.6. The van der Waals surface area contributed by atoms with Gasteiger partial charge in [0, 0.05) is 5.75 Å². The number of amides is 1. The second-order valence-corrected chi connectivity index (χ2v) is 5.94. The molecule has 0 aromatic rings. The number of carbonyl (C=O) groups excluding carboxylic acids is 1. The minimum Gasteiger partial charge on any atom is -0.300 e. The van der Waals surface area contributed by atoms with Crippen molar-refractivity contribution in [3.05, 3.63) is 0 Å². The summed E-state index contributed by atoms with van der Waals surface area (Å²) in [5.41, 5.74) is 0. The van der Waals surface area contributed by atoms with Gasteiger partial charge in [-0.1, -0.05) is 11.8 Å². The fourth-order valence-corrected chi connectivity index (χ4v) is 2.22. The molecule has 1 rings (SSSR count). The maximum atomic E-state index is 13.4. The first-order valence-corrected chi connectivity index (χ1v) is 7.18. The highest BCUT2D eigenvalue weighted by atomic mass is 32.2. The molecule has 1 amide bonds. The normalized spacial score (nSPS) is 17.7. The van der Waals surface area contributed by atoms with Crippen molar-refractivity contribution in [2.45, 2.75) is 35.8 Å². The third-order valence-corrected chi connectivity index (χ3v) is 3.92. The van der Waals surface area contributed by atoms with Crippen LogP contribution in [0, 0.1) is 0 Å². The number of aliphatic imine (C=N–C) groups is 1. The van der Waals surface area contributed by atoms with Gasteiger partial charge in [0.15, 0.2) is 5.17 Å². The van der Waals surface area contributed by atoms with Crippen molar-refractivity contribution in [3.8, 4) is 0 Å². The summed E-state index contributed by atoms with van der Waals surface area (Å²) in [5, 5.41) is 0.0740. The number of hydrogen-bond donors (Lipinski definition) is 1. The molecule has 0 saturated heterocycles. The Balaban J connectivity index is 3.34. The zero-order valence-electron chi connectivity index (χ0n) is 12.1. The predicted molar refractivity (Wildman–Crippen MR) is 63.7 cm³/mol. The molecule has 0 aromatic carbocycles. The number of thioether (sulfide) groups is 1. The summed E-state index contributed by atoms with van der Waals surface area (Å²) < 4.78 is 167. The maximum absolute atomic E-state index is 13.4. The zero-order valence-corrected chi connectivity index (χ0v) is 12.9. The van der Waals surface area contributed by atoms with E-state index in [0.717, 1.165) is 5.32 Å². The summed E-state index contributed by atoms with van der Waals surface area (Å²) in [5.74, 6) is -41.6. The van der Waals surface area contributed by atoms with E-state index in [0.29, 0.717) is 11.8 Å². The van der Waals surface area contributed by atoms with E-state index in [1.54, 1.807) is 0 Å². The number of nitrogens with zero attached hydrogens (tertiary/aromatic N) is 1. The molecule has 1 heterocycles. The number of carbonyl (C=O) groups is 1. The fourth-order valence-electron chi connectivity index (χ4n) is 1.50. The number of alkyl halides is 13. The van der Waals surface area contributed by atoms with E-state index in [1.165, 1.54) is 0 Å². The predicted octanol–water partition coefficient (Wildman–Crippen LogP) is 3.94. The summed E-state index contributed by atoms with van der Waals surface area (Å²) in [6, 6.07) is 0. The van der Waals surface area contributed by atoms with Crippen LogP contribution >= 0.6 is 11.8 Å². The minimum absolute atomic E-state index is 0.0314. The average Bonchev–Trinajstić information content (AvgIpc) is 2.97. The molecule has 1 aliphatic rings. The number of amidine groups is 1. The van der Waals surface area contributed by atoms with E-state index in [2.05, 4.69) is 4.99 Å². The van der Waals surface area contributed by atoms with Crippen LogP contribution in [0.25, 0.3) is 0 Å².